The Morgan fingerprint density at radius 3 is 2.32 bits per heavy atom. The predicted molar refractivity (Wildman–Crippen MR) is 65.9 cm³/mol. The minimum Gasteiger partial charge on any atom is -0.481 e. The number of nitrogens with zero attached hydrogens (tertiary/aromatic N) is 1. The van der Waals surface area contributed by atoms with Crippen LogP contribution in [-0.2, 0) is 9.59 Å². The number of urea groups is 1. The van der Waals surface area contributed by atoms with Crippen LogP contribution in [0.5, 0.6) is 0 Å². The van der Waals surface area contributed by atoms with Gasteiger partial charge in [-0.2, -0.15) is 0 Å². The number of hydrogen-bond donors (Lipinski definition) is 4. The Labute approximate surface area is 110 Å². The minimum atomic E-state index is -1.41. The van der Waals surface area contributed by atoms with E-state index in [-0.39, 0.29) is 0 Å². The molecule has 0 aliphatic carbocycles. The molecule has 108 valence electrons. The average molecular weight is 273 g/mol. The Bertz CT molecular complexity index is 341. The summed E-state index contributed by atoms with van der Waals surface area (Å²) in [6, 6.07) is -2.07. The minimum absolute atomic E-state index is 0.408. The first kappa shape index (κ1) is 15.2. The fraction of sp³-hybridized carbons (Fsp3) is 0.727. The van der Waals surface area contributed by atoms with Gasteiger partial charge >= 0.3 is 18.0 Å². The number of aliphatic carboxylic acids is 2. The predicted octanol–water partition coefficient (Wildman–Crippen LogP) is -0.691. The van der Waals surface area contributed by atoms with Crippen molar-refractivity contribution in [3.05, 3.63) is 0 Å². The molecule has 0 aromatic carbocycles. The highest BCUT2D eigenvalue weighted by molar-refractivity contribution is 5.86. The standard InChI is InChI=1S/C11H19N3O5/c15-9(16)7-8(10(17)18)13-11(19)12-3-6-14-4-1-2-5-14/h8H,1-7H2,(H,15,16)(H,17,18)(H2,12,13,19)/t8-/m0/s1. The first-order valence-corrected chi connectivity index (χ1v) is 6.20. The Hall–Kier alpha value is -1.83. The summed E-state index contributed by atoms with van der Waals surface area (Å²) >= 11 is 0. The van der Waals surface area contributed by atoms with Crippen LogP contribution in [-0.4, -0.2) is 65.3 Å². The second-order valence-electron chi connectivity index (χ2n) is 4.44. The van der Waals surface area contributed by atoms with Crippen LogP contribution in [0, 0.1) is 0 Å². The van der Waals surface area contributed by atoms with E-state index in [0.29, 0.717) is 13.1 Å². The zero-order valence-corrected chi connectivity index (χ0v) is 10.6. The normalized spacial score (nSPS) is 16.8. The number of carboxylic acids is 2. The number of nitrogens with one attached hydrogen (secondary N) is 2. The third-order valence-electron chi connectivity index (χ3n) is 2.89. The van der Waals surface area contributed by atoms with E-state index in [4.69, 9.17) is 10.2 Å². The summed E-state index contributed by atoms with van der Waals surface area (Å²) in [5.41, 5.74) is 0. The van der Waals surface area contributed by atoms with Crippen LogP contribution >= 0.6 is 0 Å². The quantitative estimate of drug-likeness (QED) is 0.487. The second kappa shape index (κ2) is 7.57. The van der Waals surface area contributed by atoms with Crippen LogP contribution in [0.1, 0.15) is 19.3 Å². The lowest BCUT2D eigenvalue weighted by Crippen LogP contribution is -2.48. The van der Waals surface area contributed by atoms with Gasteiger partial charge in [0, 0.05) is 13.1 Å². The van der Waals surface area contributed by atoms with Gasteiger partial charge in [-0.1, -0.05) is 0 Å². The zero-order valence-electron chi connectivity index (χ0n) is 10.6. The highest BCUT2D eigenvalue weighted by Gasteiger charge is 2.22. The summed E-state index contributed by atoms with van der Waals surface area (Å²) in [7, 11) is 0. The third kappa shape index (κ3) is 6.05. The van der Waals surface area contributed by atoms with E-state index >= 15 is 0 Å². The van der Waals surface area contributed by atoms with Gasteiger partial charge in [-0.3, -0.25) is 4.79 Å². The smallest absolute Gasteiger partial charge is 0.326 e. The Morgan fingerprint density at radius 1 is 1.16 bits per heavy atom. The highest BCUT2D eigenvalue weighted by Crippen LogP contribution is 2.05. The van der Waals surface area contributed by atoms with Gasteiger partial charge in [-0.25, -0.2) is 9.59 Å². The van der Waals surface area contributed by atoms with Crippen molar-refractivity contribution in [3.63, 3.8) is 0 Å². The maximum atomic E-state index is 11.4. The fourth-order valence-electron chi connectivity index (χ4n) is 1.92. The van der Waals surface area contributed by atoms with Crippen molar-refractivity contribution in [3.8, 4) is 0 Å². The number of likely N-dealkylation sites (tertiary alicyclic amines) is 1. The van der Waals surface area contributed by atoms with Crippen molar-refractivity contribution in [1.29, 1.82) is 0 Å². The molecule has 1 aliphatic heterocycles. The topological polar surface area (TPSA) is 119 Å². The van der Waals surface area contributed by atoms with E-state index in [1.165, 1.54) is 0 Å². The molecule has 0 aromatic heterocycles. The number of carboxylic acid groups (broad SMARTS) is 2. The van der Waals surface area contributed by atoms with Gasteiger partial charge in [0.2, 0.25) is 0 Å². The summed E-state index contributed by atoms with van der Waals surface area (Å²) in [5.74, 6) is -2.64. The van der Waals surface area contributed by atoms with E-state index in [0.717, 1.165) is 25.9 Å². The van der Waals surface area contributed by atoms with Crippen molar-refractivity contribution in [2.24, 2.45) is 0 Å². The molecule has 1 heterocycles. The maximum Gasteiger partial charge on any atom is 0.326 e. The van der Waals surface area contributed by atoms with Crippen molar-refractivity contribution in [1.82, 2.24) is 15.5 Å². The maximum absolute atomic E-state index is 11.4. The first-order valence-electron chi connectivity index (χ1n) is 6.20. The fourth-order valence-corrected chi connectivity index (χ4v) is 1.92. The Morgan fingerprint density at radius 2 is 1.79 bits per heavy atom. The molecule has 0 saturated carbocycles. The number of carbonyl (C=O) groups excluding carboxylic acids is 1. The molecule has 19 heavy (non-hydrogen) atoms. The van der Waals surface area contributed by atoms with Gasteiger partial charge in [0.05, 0.1) is 6.42 Å². The summed E-state index contributed by atoms with van der Waals surface area (Å²) in [5, 5.41) is 21.9. The lowest BCUT2D eigenvalue weighted by Gasteiger charge is -2.16. The monoisotopic (exact) mass is 273 g/mol. The first-order chi connectivity index (χ1) is 8.99. The van der Waals surface area contributed by atoms with Gasteiger partial charge < -0.3 is 25.7 Å². The zero-order chi connectivity index (χ0) is 14.3. The molecule has 0 spiro atoms. The van der Waals surface area contributed by atoms with E-state index in [9.17, 15) is 14.4 Å². The van der Waals surface area contributed by atoms with Gasteiger partial charge in [0.1, 0.15) is 6.04 Å². The van der Waals surface area contributed by atoms with Crippen LogP contribution in [0.25, 0.3) is 0 Å². The largest absolute Gasteiger partial charge is 0.481 e. The molecule has 1 rings (SSSR count). The summed E-state index contributed by atoms with van der Waals surface area (Å²) in [4.78, 5) is 34.8. The molecule has 8 nitrogen and oxygen atoms in total. The molecular formula is C11H19N3O5. The van der Waals surface area contributed by atoms with E-state index in [2.05, 4.69) is 15.5 Å². The van der Waals surface area contributed by atoms with Crippen molar-refractivity contribution in [2.45, 2.75) is 25.3 Å². The number of hydrogen-bond acceptors (Lipinski definition) is 4. The lowest BCUT2D eigenvalue weighted by atomic mass is 10.2. The molecule has 0 radical (unpaired) electrons. The third-order valence-corrected chi connectivity index (χ3v) is 2.89. The molecule has 0 aromatic rings. The van der Waals surface area contributed by atoms with Crippen LogP contribution in [0.4, 0.5) is 4.79 Å². The molecule has 1 saturated heterocycles. The van der Waals surface area contributed by atoms with Crippen LogP contribution in [0.2, 0.25) is 0 Å². The van der Waals surface area contributed by atoms with Crippen molar-refractivity contribution >= 4 is 18.0 Å². The molecule has 1 atom stereocenters. The highest BCUT2D eigenvalue weighted by atomic mass is 16.4. The molecule has 1 aliphatic rings. The summed E-state index contributed by atoms with van der Waals surface area (Å²) in [6.07, 6.45) is 1.67. The Kier molecular flexibility index (Phi) is 6.07. The molecule has 0 unspecified atom stereocenters. The van der Waals surface area contributed by atoms with Gasteiger partial charge in [-0.15, -0.1) is 0 Å². The van der Waals surface area contributed by atoms with Gasteiger partial charge in [-0.05, 0) is 25.9 Å². The van der Waals surface area contributed by atoms with E-state index < -0.39 is 30.4 Å². The van der Waals surface area contributed by atoms with Crippen molar-refractivity contribution in [2.75, 3.05) is 26.2 Å². The van der Waals surface area contributed by atoms with Crippen LogP contribution in [0.15, 0.2) is 0 Å². The molecule has 2 amide bonds. The van der Waals surface area contributed by atoms with E-state index in [1.54, 1.807) is 0 Å². The lowest BCUT2D eigenvalue weighted by molar-refractivity contribution is -0.145. The molecule has 8 heteroatoms. The number of rotatable bonds is 7. The van der Waals surface area contributed by atoms with Gasteiger partial charge in [0.15, 0.2) is 0 Å². The van der Waals surface area contributed by atoms with Crippen LogP contribution in [0.3, 0.4) is 0 Å². The summed E-state index contributed by atoms with van der Waals surface area (Å²) < 4.78 is 0. The number of amides is 2. The molecule has 0 bridgehead atoms. The molecule has 1 fully saturated rings. The van der Waals surface area contributed by atoms with Gasteiger partial charge in [0.25, 0.3) is 0 Å². The van der Waals surface area contributed by atoms with E-state index in [1.807, 2.05) is 0 Å². The molecular weight excluding hydrogens is 254 g/mol. The average Bonchev–Trinajstić information content (AvgIpc) is 2.80. The SMILES string of the molecule is O=C(O)C[C@H](NC(=O)NCCN1CCCC1)C(=O)O. The van der Waals surface area contributed by atoms with Crippen molar-refractivity contribution < 1.29 is 24.6 Å². The Balaban J connectivity index is 2.23. The second-order valence-corrected chi connectivity index (χ2v) is 4.44. The summed E-state index contributed by atoms with van der Waals surface area (Å²) in [6.45, 7) is 3.15. The van der Waals surface area contributed by atoms with Crippen LogP contribution < -0.4 is 10.6 Å². The number of carbonyl (C=O) groups is 3. The molecule has 4 N–H and O–H groups in total.